The number of hydrogen-bond donors (Lipinski definition) is 1. The summed E-state index contributed by atoms with van der Waals surface area (Å²) in [6.07, 6.45) is 5.05. The molecule has 1 aliphatic rings. The van der Waals surface area contributed by atoms with Gasteiger partial charge in [-0.05, 0) is 18.3 Å². The van der Waals surface area contributed by atoms with Crippen LogP contribution in [0.25, 0.3) is 0 Å². The lowest BCUT2D eigenvalue weighted by atomic mass is 9.78. The monoisotopic (exact) mass is 226 g/mol. The summed E-state index contributed by atoms with van der Waals surface area (Å²) in [6.45, 7) is 8.15. The summed E-state index contributed by atoms with van der Waals surface area (Å²) in [5.41, 5.74) is 6.28. The lowest BCUT2D eigenvalue weighted by Crippen LogP contribution is -2.54. The number of amides is 1. The maximum absolute atomic E-state index is 11.9. The smallest absolute Gasteiger partial charge is 0.222 e. The minimum absolute atomic E-state index is 0.122. The lowest BCUT2D eigenvalue weighted by molar-refractivity contribution is -0.133. The van der Waals surface area contributed by atoms with Crippen LogP contribution in [-0.2, 0) is 4.79 Å². The molecule has 1 rings (SSSR count). The molecular formula is C13H26N2O. The predicted octanol–water partition coefficient (Wildman–Crippen LogP) is 2.15. The highest BCUT2D eigenvalue weighted by atomic mass is 16.2. The molecule has 0 saturated carbocycles. The Balaban J connectivity index is 2.36. The summed E-state index contributed by atoms with van der Waals surface area (Å²) >= 11 is 0. The maximum Gasteiger partial charge on any atom is 0.222 e. The second-order valence-corrected chi connectivity index (χ2v) is 5.64. The van der Waals surface area contributed by atoms with Crippen molar-refractivity contribution < 1.29 is 4.79 Å². The Labute approximate surface area is 99.4 Å². The van der Waals surface area contributed by atoms with Crippen LogP contribution in [0.2, 0.25) is 0 Å². The molecule has 0 aromatic rings. The van der Waals surface area contributed by atoms with Crippen molar-refractivity contribution in [2.24, 2.45) is 11.1 Å². The van der Waals surface area contributed by atoms with Crippen LogP contribution in [0.1, 0.15) is 52.9 Å². The Morgan fingerprint density at radius 2 is 2.12 bits per heavy atom. The molecule has 1 saturated heterocycles. The van der Waals surface area contributed by atoms with Gasteiger partial charge in [-0.3, -0.25) is 4.79 Å². The topological polar surface area (TPSA) is 46.3 Å². The van der Waals surface area contributed by atoms with Gasteiger partial charge in [0.25, 0.3) is 0 Å². The van der Waals surface area contributed by atoms with Gasteiger partial charge in [0, 0.05) is 25.6 Å². The molecule has 1 unspecified atom stereocenters. The molecule has 0 bridgehead atoms. The Hall–Kier alpha value is -0.570. The second kappa shape index (κ2) is 5.67. The van der Waals surface area contributed by atoms with Crippen molar-refractivity contribution in [2.45, 2.75) is 58.9 Å². The first-order chi connectivity index (χ1) is 7.47. The number of nitrogens with zero attached hydrogens (tertiary/aromatic N) is 1. The fourth-order valence-corrected chi connectivity index (χ4v) is 2.10. The number of carbonyl (C=O) groups is 1. The minimum Gasteiger partial charge on any atom is -0.341 e. The van der Waals surface area contributed by atoms with Crippen molar-refractivity contribution in [1.29, 1.82) is 0 Å². The summed E-state index contributed by atoms with van der Waals surface area (Å²) in [5.74, 6) is 0.291. The van der Waals surface area contributed by atoms with E-state index in [2.05, 4.69) is 20.8 Å². The Kier molecular flexibility index (Phi) is 4.78. The number of carbonyl (C=O) groups excluding carboxylic acids is 1. The van der Waals surface area contributed by atoms with E-state index in [9.17, 15) is 4.79 Å². The van der Waals surface area contributed by atoms with Gasteiger partial charge in [0.15, 0.2) is 0 Å². The van der Waals surface area contributed by atoms with Crippen molar-refractivity contribution in [1.82, 2.24) is 4.90 Å². The largest absolute Gasteiger partial charge is 0.341 e. The standard InChI is InChI=1S/C13H26N2O/c1-4-5-6-7-12(16)15-9-8-13(2,3)11(14)10-15/h11H,4-10,14H2,1-3H3. The highest BCUT2D eigenvalue weighted by Gasteiger charge is 2.34. The molecule has 16 heavy (non-hydrogen) atoms. The van der Waals surface area contributed by atoms with E-state index < -0.39 is 0 Å². The molecule has 0 radical (unpaired) electrons. The summed E-state index contributed by atoms with van der Waals surface area (Å²) in [6, 6.07) is 0.122. The van der Waals surface area contributed by atoms with Gasteiger partial charge in [0.2, 0.25) is 5.91 Å². The van der Waals surface area contributed by atoms with Crippen LogP contribution in [0.4, 0.5) is 0 Å². The highest BCUT2D eigenvalue weighted by molar-refractivity contribution is 5.76. The van der Waals surface area contributed by atoms with Crippen LogP contribution in [0.3, 0.4) is 0 Å². The zero-order valence-corrected chi connectivity index (χ0v) is 11.0. The van der Waals surface area contributed by atoms with Gasteiger partial charge in [0.1, 0.15) is 0 Å². The fraction of sp³-hybridized carbons (Fsp3) is 0.923. The van der Waals surface area contributed by atoms with E-state index in [1.165, 1.54) is 6.42 Å². The Morgan fingerprint density at radius 3 is 2.69 bits per heavy atom. The maximum atomic E-state index is 11.9. The fourth-order valence-electron chi connectivity index (χ4n) is 2.10. The van der Waals surface area contributed by atoms with Crippen molar-refractivity contribution in [3.63, 3.8) is 0 Å². The van der Waals surface area contributed by atoms with E-state index in [-0.39, 0.29) is 11.5 Å². The molecule has 1 amide bonds. The first-order valence-corrected chi connectivity index (χ1v) is 6.50. The van der Waals surface area contributed by atoms with Crippen molar-refractivity contribution in [2.75, 3.05) is 13.1 Å². The molecule has 2 N–H and O–H groups in total. The first-order valence-electron chi connectivity index (χ1n) is 6.50. The number of rotatable bonds is 4. The lowest BCUT2D eigenvalue weighted by Gasteiger charge is -2.42. The zero-order valence-electron chi connectivity index (χ0n) is 11.0. The number of unbranched alkanes of at least 4 members (excludes halogenated alkanes) is 2. The molecule has 1 aliphatic heterocycles. The molecule has 94 valence electrons. The molecule has 0 aromatic heterocycles. The van der Waals surface area contributed by atoms with Crippen LogP contribution in [-0.4, -0.2) is 29.9 Å². The normalized spacial score (nSPS) is 24.5. The van der Waals surface area contributed by atoms with Gasteiger partial charge in [-0.2, -0.15) is 0 Å². The van der Waals surface area contributed by atoms with Crippen LogP contribution in [0.15, 0.2) is 0 Å². The predicted molar refractivity (Wildman–Crippen MR) is 67.1 cm³/mol. The number of nitrogens with two attached hydrogens (primary N) is 1. The van der Waals surface area contributed by atoms with E-state index >= 15 is 0 Å². The zero-order chi connectivity index (χ0) is 12.2. The van der Waals surface area contributed by atoms with Gasteiger partial charge in [0.05, 0.1) is 0 Å². The van der Waals surface area contributed by atoms with E-state index in [1.54, 1.807) is 0 Å². The Bertz CT molecular complexity index is 238. The summed E-state index contributed by atoms with van der Waals surface area (Å²) in [5, 5.41) is 0. The van der Waals surface area contributed by atoms with Crippen LogP contribution in [0, 0.1) is 5.41 Å². The molecular weight excluding hydrogens is 200 g/mol. The Morgan fingerprint density at radius 1 is 1.44 bits per heavy atom. The van der Waals surface area contributed by atoms with Gasteiger partial charge in [-0.1, -0.05) is 33.6 Å². The quantitative estimate of drug-likeness (QED) is 0.747. The van der Waals surface area contributed by atoms with E-state index in [1.807, 2.05) is 4.90 Å². The van der Waals surface area contributed by atoms with Gasteiger partial charge < -0.3 is 10.6 Å². The number of hydrogen-bond acceptors (Lipinski definition) is 2. The molecule has 0 aromatic carbocycles. The third-order valence-electron chi connectivity index (χ3n) is 3.79. The third-order valence-corrected chi connectivity index (χ3v) is 3.79. The van der Waals surface area contributed by atoms with Gasteiger partial charge in [-0.25, -0.2) is 0 Å². The summed E-state index contributed by atoms with van der Waals surface area (Å²) in [7, 11) is 0. The molecule has 3 nitrogen and oxygen atoms in total. The molecule has 3 heteroatoms. The third kappa shape index (κ3) is 3.48. The number of likely N-dealkylation sites (tertiary alicyclic amines) is 1. The first kappa shape index (κ1) is 13.5. The average molecular weight is 226 g/mol. The molecule has 0 aliphatic carbocycles. The second-order valence-electron chi connectivity index (χ2n) is 5.64. The molecule has 1 heterocycles. The van der Waals surface area contributed by atoms with Crippen LogP contribution >= 0.6 is 0 Å². The van der Waals surface area contributed by atoms with Crippen LogP contribution in [0.5, 0.6) is 0 Å². The minimum atomic E-state index is 0.122. The SMILES string of the molecule is CCCCCC(=O)N1CCC(C)(C)C(N)C1. The molecule has 0 spiro atoms. The van der Waals surface area contributed by atoms with E-state index in [4.69, 9.17) is 5.73 Å². The average Bonchev–Trinajstić information content (AvgIpc) is 2.22. The van der Waals surface area contributed by atoms with Gasteiger partial charge in [-0.15, -0.1) is 0 Å². The van der Waals surface area contributed by atoms with E-state index in [0.29, 0.717) is 12.3 Å². The van der Waals surface area contributed by atoms with Gasteiger partial charge >= 0.3 is 0 Å². The molecule has 1 atom stereocenters. The van der Waals surface area contributed by atoms with Crippen molar-refractivity contribution >= 4 is 5.91 Å². The number of piperidine rings is 1. The van der Waals surface area contributed by atoms with Crippen LogP contribution < -0.4 is 5.73 Å². The van der Waals surface area contributed by atoms with Crippen molar-refractivity contribution in [3.8, 4) is 0 Å². The summed E-state index contributed by atoms with van der Waals surface area (Å²) in [4.78, 5) is 13.8. The summed E-state index contributed by atoms with van der Waals surface area (Å²) < 4.78 is 0. The highest BCUT2D eigenvalue weighted by Crippen LogP contribution is 2.29. The van der Waals surface area contributed by atoms with Crippen molar-refractivity contribution in [3.05, 3.63) is 0 Å². The van der Waals surface area contributed by atoms with E-state index in [0.717, 1.165) is 32.4 Å². The molecule has 1 fully saturated rings.